The van der Waals surface area contributed by atoms with Gasteiger partial charge < -0.3 is 5.11 Å². The van der Waals surface area contributed by atoms with E-state index in [-0.39, 0.29) is 10.3 Å². The molecule has 0 aliphatic heterocycles. The summed E-state index contributed by atoms with van der Waals surface area (Å²) >= 11 is 2.14. The Morgan fingerprint density at radius 3 is 2.27 bits per heavy atom. The van der Waals surface area contributed by atoms with Gasteiger partial charge in [0.25, 0.3) is 5.97 Å². The second-order valence-corrected chi connectivity index (χ2v) is 5.82. The molecule has 6 heteroatoms. The molecule has 0 radical (unpaired) electrons. The Labute approximate surface area is 140 Å². The molecule has 0 aromatic heterocycles. The molecule has 0 saturated heterocycles. The molecule has 0 atom stereocenters. The van der Waals surface area contributed by atoms with Crippen molar-refractivity contribution in [2.45, 2.75) is 43.4 Å². The van der Waals surface area contributed by atoms with Crippen molar-refractivity contribution in [3.63, 3.8) is 0 Å². The van der Waals surface area contributed by atoms with Crippen LogP contribution in [0.3, 0.4) is 0 Å². The second kappa shape index (κ2) is 8.87. The Morgan fingerprint density at radius 1 is 1.27 bits per heavy atom. The van der Waals surface area contributed by atoms with Gasteiger partial charge in [-0.05, 0) is 0 Å². The van der Waals surface area contributed by atoms with Crippen LogP contribution in [0, 0.1) is 0 Å². The van der Waals surface area contributed by atoms with Crippen LogP contribution >= 0.6 is 0 Å². The number of carbonyl (C=O) groups excluding carboxylic acids is 1. The molecule has 116 valence electrons. The van der Waals surface area contributed by atoms with Gasteiger partial charge in [0, 0.05) is 6.92 Å². The van der Waals surface area contributed by atoms with E-state index >= 15 is 0 Å². The van der Waals surface area contributed by atoms with Crippen molar-refractivity contribution in [1.82, 2.24) is 4.90 Å². The molecule has 2 rings (SSSR count). The van der Waals surface area contributed by atoms with E-state index in [1.165, 1.54) is 12.8 Å². The zero-order valence-corrected chi connectivity index (χ0v) is 13.5. The average Bonchev–Trinajstić information content (AvgIpc) is 2.92. The summed E-state index contributed by atoms with van der Waals surface area (Å²) in [6.07, 6.45) is 4.33. The fraction of sp³-hybridized carbons (Fsp3) is 0.500. The maximum atomic E-state index is 12.0. The monoisotopic (exact) mass is 299 g/mol. The van der Waals surface area contributed by atoms with Crippen LogP contribution in [0.4, 0.5) is 4.79 Å². The molecule has 1 N–H and O–H groups in total. The minimum atomic E-state index is -0.833. The summed E-state index contributed by atoms with van der Waals surface area (Å²) in [6.45, 7) is 1.43. The zero-order valence-electron chi connectivity index (χ0n) is 13.5. The number of aliphatic carboxylic acids is 1. The van der Waals surface area contributed by atoms with E-state index in [9.17, 15) is 4.79 Å². The predicted molar refractivity (Wildman–Crippen MR) is 84.7 cm³/mol. The molecule has 1 aliphatic rings. The van der Waals surface area contributed by atoms with E-state index in [4.69, 9.17) is 14.6 Å². The van der Waals surface area contributed by atoms with Crippen LogP contribution in [0.25, 0.3) is 0 Å². The van der Waals surface area contributed by atoms with Crippen LogP contribution in [0.5, 0.6) is 0 Å². The van der Waals surface area contributed by atoms with Gasteiger partial charge in [0.15, 0.2) is 0 Å². The van der Waals surface area contributed by atoms with Gasteiger partial charge >= 0.3 is 118 Å². The Morgan fingerprint density at radius 2 is 1.77 bits per heavy atom. The van der Waals surface area contributed by atoms with Crippen molar-refractivity contribution < 1.29 is 19.4 Å². The van der Waals surface area contributed by atoms with E-state index in [0.29, 0.717) is 6.61 Å². The first-order valence-electron chi connectivity index (χ1n) is 7.49. The van der Waals surface area contributed by atoms with Crippen LogP contribution in [0.1, 0.15) is 38.2 Å². The number of carboxylic acids is 1. The van der Waals surface area contributed by atoms with Gasteiger partial charge in [-0.3, -0.25) is 4.79 Å². The van der Waals surface area contributed by atoms with Gasteiger partial charge in [0.2, 0.25) is 0 Å². The van der Waals surface area contributed by atoms with E-state index in [1.807, 2.05) is 37.4 Å². The molecule has 1 aromatic rings. The number of hydrogen-bond donors (Lipinski definition) is 1. The summed E-state index contributed by atoms with van der Waals surface area (Å²) in [6, 6.07) is 9.78. The third-order valence-electron chi connectivity index (χ3n) is 3.97. The molecule has 5 nitrogen and oxygen atoms in total. The quantitative estimate of drug-likeness (QED) is 0.872. The molecule has 1 aromatic carbocycles. The summed E-state index contributed by atoms with van der Waals surface area (Å²) in [5.41, 5.74) is 1.02. The van der Waals surface area contributed by atoms with Gasteiger partial charge in [0.05, 0.1) is 0 Å². The molecule has 1 saturated carbocycles. The maximum absolute atomic E-state index is 12.0. The topological polar surface area (TPSA) is 66.8 Å². The molecular weight excluding hydrogens is 277 g/mol. The van der Waals surface area contributed by atoms with Crippen LogP contribution in [0.15, 0.2) is 30.3 Å². The van der Waals surface area contributed by atoms with Crippen molar-refractivity contribution in [3.05, 3.63) is 35.9 Å². The molecule has 0 heterocycles. The fourth-order valence-corrected chi connectivity index (χ4v) is 2.51. The molecule has 1 aliphatic carbocycles. The van der Waals surface area contributed by atoms with Crippen LogP contribution in [0.2, 0.25) is 0 Å². The first-order chi connectivity index (χ1) is 10.3. The standard InChI is InChI=1S/C14H18NO2.C2H4O2.Li/c1-15(13-9-5-6-10-13)14(16)17-11-12-7-3-2-4-8-12;1-2(3)4;/h2-4,7-8H,5-6,9-11H2,1H3;1H3,(H,3,4);. The van der Waals surface area contributed by atoms with Crippen molar-refractivity contribution in [3.8, 4) is 0 Å². The van der Waals surface area contributed by atoms with Gasteiger partial charge in [-0.25, -0.2) is 0 Å². The fourth-order valence-electron chi connectivity index (χ4n) is 2.51. The molecule has 0 bridgehead atoms. The normalized spacial score (nSPS) is 15.5. The summed E-state index contributed by atoms with van der Waals surface area (Å²) in [7, 11) is 1.85. The Bertz CT molecular complexity index is 482. The summed E-state index contributed by atoms with van der Waals surface area (Å²) in [5.74, 6) is -0.833. The number of nitrogens with zero attached hydrogens (tertiary/aromatic N) is 1. The van der Waals surface area contributed by atoms with Crippen molar-refractivity contribution in [1.29, 1.82) is 0 Å². The zero-order chi connectivity index (χ0) is 16.6. The summed E-state index contributed by atoms with van der Waals surface area (Å²) in [4.78, 5) is 22.8. The van der Waals surface area contributed by atoms with Gasteiger partial charge in [-0.1, -0.05) is 0 Å². The number of hydrogen-bond acceptors (Lipinski definition) is 3. The summed E-state index contributed by atoms with van der Waals surface area (Å²) in [5, 5.41) is 7.42. The predicted octanol–water partition coefficient (Wildman–Crippen LogP) is 2.78. The molecule has 1 fully saturated rings. The number of carbonyl (C=O) groups is 2. The number of carboxylic acid groups (broad SMARTS) is 1. The van der Waals surface area contributed by atoms with E-state index in [1.54, 1.807) is 4.90 Å². The third-order valence-corrected chi connectivity index (χ3v) is 3.97. The molecule has 0 spiro atoms. The van der Waals surface area contributed by atoms with Crippen molar-refractivity contribution in [2.75, 3.05) is 7.05 Å². The number of ether oxygens (including phenoxy) is 1. The molecule has 1 amide bonds. The SMILES string of the molecule is CC(=O)O.[Li][C]1(N(C)C(=O)OCc2ccccc2)CCCC1. The average molecular weight is 299 g/mol. The number of benzene rings is 1. The van der Waals surface area contributed by atoms with Crippen LogP contribution in [-0.4, -0.2) is 51.0 Å². The van der Waals surface area contributed by atoms with Gasteiger partial charge in [-0.2, -0.15) is 0 Å². The van der Waals surface area contributed by atoms with Crippen molar-refractivity contribution in [2.24, 2.45) is 0 Å². The van der Waals surface area contributed by atoms with Crippen LogP contribution in [-0.2, 0) is 16.1 Å². The molecular formula is C16H22LiNO4. The van der Waals surface area contributed by atoms with Crippen molar-refractivity contribution >= 4 is 29.8 Å². The second-order valence-electron chi connectivity index (χ2n) is 5.82. The molecule has 0 unspecified atom stereocenters. The Kier molecular flexibility index (Phi) is 7.50. The Balaban J connectivity index is 0.000000541. The van der Waals surface area contributed by atoms with E-state index in [0.717, 1.165) is 25.3 Å². The first kappa shape index (κ1) is 18.6. The Hall–Kier alpha value is -1.44. The number of rotatable bonds is 3. The van der Waals surface area contributed by atoms with E-state index in [2.05, 4.69) is 17.7 Å². The van der Waals surface area contributed by atoms with Gasteiger partial charge in [-0.15, -0.1) is 0 Å². The first-order valence-corrected chi connectivity index (χ1v) is 7.49. The third kappa shape index (κ3) is 6.13. The van der Waals surface area contributed by atoms with Gasteiger partial charge in [0.1, 0.15) is 0 Å². The van der Waals surface area contributed by atoms with Crippen LogP contribution < -0.4 is 0 Å². The molecule has 22 heavy (non-hydrogen) atoms. The van der Waals surface area contributed by atoms with E-state index < -0.39 is 5.97 Å². The summed E-state index contributed by atoms with van der Waals surface area (Å²) < 4.78 is 5.33. The number of amides is 1. The minimum absolute atomic E-state index is 0.0201.